The summed E-state index contributed by atoms with van der Waals surface area (Å²) in [5.74, 6) is 1.58. The van der Waals surface area contributed by atoms with Crippen LogP contribution in [0.25, 0.3) is 0 Å². The highest BCUT2D eigenvalue weighted by Crippen LogP contribution is 2.39. The lowest BCUT2D eigenvalue weighted by Gasteiger charge is -2.26. The summed E-state index contributed by atoms with van der Waals surface area (Å²) in [5, 5.41) is 8.65. The quantitative estimate of drug-likeness (QED) is 0.817. The Morgan fingerprint density at radius 1 is 1.25 bits per heavy atom. The molecule has 0 saturated heterocycles. The SMILES string of the molecule is NCCc1nnn(CC2CC2)c1C1CCC1. The molecule has 3 rings (SSSR count). The maximum atomic E-state index is 5.63. The Labute approximate surface area is 96.2 Å². The molecule has 1 aromatic heterocycles. The fourth-order valence-corrected chi connectivity index (χ4v) is 2.48. The van der Waals surface area contributed by atoms with Gasteiger partial charge in [0.1, 0.15) is 0 Å². The van der Waals surface area contributed by atoms with E-state index < -0.39 is 0 Å². The van der Waals surface area contributed by atoms with E-state index in [1.807, 2.05) is 0 Å². The predicted octanol–water partition coefficient (Wildman–Crippen LogP) is 1.46. The summed E-state index contributed by atoms with van der Waals surface area (Å²) in [6.45, 7) is 1.77. The molecule has 0 radical (unpaired) electrons. The van der Waals surface area contributed by atoms with Crippen LogP contribution in [0, 0.1) is 5.92 Å². The van der Waals surface area contributed by atoms with E-state index in [2.05, 4.69) is 15.0 Å². The molecule has 4 heteroatoms. The molecule has 2 fully saturated rings. The molecule has 1 aromatic rings. The van der Waals surface area contributed by atoms with E-state index in [-0.39, 0.29) is 0 Å². The van der Waals surface area contributed by atoms with Crippen molar-refractivity contribution in [2.75, 3.05) is 6.54 Å². The van der Waals surface area contributed by atoms with Gasteiger partial charge in [0.05, 0.1) is 11.4 Å². The molecule has 2 N–H and O–H groups in total. The van der Waals surface area contributed by atoms with Crippen LogP contribution in [0.3, 0.4) is 0 Å². The van der Waals surface area contributed by atoms with E-state index in [0.29, 0.717) is 6.54 Å². The molecule has 1 heterocycles. The average Bonchev–Trinajstić information content (AvgIpc) is 2.93. The molecule has 2 saturated carbocycles. The van der Waals surface area contributed by atoms with Gasteiger partial charge in [-0.15, -0.1) is 5.10 Å². The van der Waals surface area contributed by atoms with E-state index in [9.17, 15) is 0 Å². The van der Waals surface area contributed by atoms with Crippen molar-refractivity contribution >= 4 is 0 Å². The highest BCUT2D eigenvalue weighted by Gasteiger charge is 2.30. The predicted molar refractivity (Wildman–Crippen MR) is 62.1 cm³/mol. The van der Waals surface area contributed by atoms with Crippen LogP contribution in [0.1, 0.15) is 49.4 Å². The second-order valence-electron chi connectivity index (χ2n) is 5.21. The summed E-state index contributed by atoms with van der Waals surface area (Å²) < 4.78 is 2.17. The lowest BCUT2D eigenvalue weighted by molar-refractivity contribution is 0.380. The highest BCUT2D eigenvalue weighted by molar-refractivity contribution is 5.18. The molecule has 2 aliphatic rings. The van der Waals surface area contributed by atoms with Crippen LogP contribution in [-0.4, -0.2) is 21.5 Å². The van der Waals surface area contributed by atoms with Gasteiger partial charge in [-0.25, -0.2) is 4.68 Å². The van der Waals surface area contributed by atoms with E-state index in [0.717, 1.165) is 30.5 Å². The number of nitrogens with two attached hydrogens (primary N) is 1. The van der Waals surface area contributed by atoms with Crippen molar-refractivity contribution in [3.63, 3.8) is 0 Å². The molecule has 0 amide bonds. The summed E-state index contributed by atoms with van der Waals surface area (Å²) in [7, 11) is 0. The maximum absolute atomic E-state index is 5.63. The van der Waals surface area contributed by atoms with Gasteiger partial charge < -0.3 is 5.73 Å². The number of aromatic nitrogens is 3. The molecule has 0 aliphatic heterocycles. The molecule has 0 spiro atoms. The Morgan fingerprint density at radius 2 is 2.06 bits per heavy atom. The van der Waals surface area contributed by atoms with Crippen LogP contribution < -0.4 is 5.73 Å². The monoisotopic (exact) mass is 220 g/mol. The van der Waals surface area contributed by atoms with Gasteiger partial charge in [-0.1, -0.05) is 11.6 Å². The Bertz CT molecular complexity index is 363. The van der Waals surface area contributed by atoms with Gasteiger partial charge in [-0.2, -0.15) is 0 Å². The summed E-state index contributed by atoms with van der Waals surface area (Å²) in [6.07, 6.45) is 7.62. The van der Waals surface area contributed by atoms with Crippen molar-refractivity contribution in [1.82, 2.24) is 15.0 Å². The second kappa shape index (κ2) is 4.17. The molecule has 2 aliphatic carbocycles. The Hall–Kier alpha value is -0.900. The molecule has 4 nitrogen and oxygen atoms in total. The number of hydrogen-bond donors (Lipinski definition) is 1. The lowest BCUT2D eigenvalue weighted by atomic mass is 9.81. The largest absolute Gasteiger partial charge is 0.330 e. The third kappa shape index (κ3) is 1.86. The number of rotatable bonds is 5. The Morgan fingerprint density at radius 3 is 2.62 bits per heavy atom. The first-order valence-corrected chi connectivity index (χ1v) is 6.51. The van der Waals surface area contributed by atoms with Gasteiger partial charge in [-0.3, -0.25) is 0 Å². The zero-order chi connectivity index (χ0) is 11.0. The molecule has 16 heavy (non-hydrogen) atoms. The van der Waals surface area contributed by atoms with E-state index >= 15 is 0 Å². The normalized spacial score (nSPS) is 21.1. The molecule has 0 aromatic carbocycles. The van der Waals surface area contributed by atoms with Gasteiger partial charge in [0.15, 0.2) is 0 Å². The molecular formula is C12H20N4. The zero-order valence-corrected chi connectivity index (χ0v) is 9.73. The third-order valence-corrected chi connectivity index (χ3v) is 3.85. The van der Waals surface area contributed by atoms with Crippen LogP contribution in [-0.2, 0) is 13.0 Å². The summed E-state index contributed by atoms with van der Waals surface area (Å²) in [6, 6.07) is 0. The smallest absolute Gasteiger partial charge is 0.0874 e. The van der Waals surface area contributed by atoms with Crippen molar-refractivity contribution in [2.24, 2.45) is 11.7 Å². The molecule has 88 valence electrons. The van der Waals surface area contributed by atoms with Crippen LogP contribution in [0.2, 0.25) is 0 Å². The molecule has 0 unspecified atom stereocenters. The highest BCUT2D eigenvalue weighted by atomic mass is 15.4. The van der Waals surface area contributed by atoms with Crippen LogP contribution >= 0.6 is 0 Å². The van der Waals surface area contributed by atoms with Crippen molar-refractivity contribution in [1.29, 1.82) is 0 Å². The van der Waals surface area contributed by atoms with E-state index in [1.165, 1.54) is 37.8 Å². The lowest BCUT2D eigenvalue weighted by Crippen LogP contribution is -2.18. The van der Waals surface area contributed by atoms with E-state index in [1.54, 1.807) is 0 Å². The Kier molecular flexibility index (Phi) is 2.67. The van der Waals surface area contributed by atoms with Crippen molar-refractivity contribution < 1.29 is 0 Å². The molecule has 0 bridgehead atoms. The topological polar surface area (TPSA) is 56.7 Å². The van der Waals surface area contributed by atoms with Crippen LogP contribution in [0.15, 0.2) is 0 Å². The first kappa shape index (κ1) is 10.3. The van der Waals surface area contributed by atoms with Gasteiger partial charge in [-0.05, 0) is 38.1 Å². The standard InChI is InChI=1S/C12H20N4/c13-7-6-11-12(10-2-1-3-10)16(15-14-11)8-9-4-5-9/h9-10H,1-8,13H2. The number of nitrogens with zero attached hydrogens (tertiary/aromatic N) is 3. The third-order valence-electron chi connectivity index (χ3n) is 3.85. The van der Waals surface area contributed by atoms with Gasteiger partial charge in [0.2, 0.25) is 0 Å². The molecular weight excluding hydrogens is 200 g/mol. The van der Waals surface area contributed by atoms with Crippen molar-refractivity contribution in [3.8, 4) is 0 Å². The van der Waals surface area contributed by atoms with Crippen LogP contribution in [0.5, 0.6) is 0 Å². The maximum Gasteiger partial charge on any atom is 0.0874 e. The first-order valence-electron chi connectivity index (χ1n) is 6.51. The van der Waals surface area contributed by atoms with Gasteiger partial charge in [0.25, 0.3) is 0 Å². The van der Waals surface area contributed by atoms with Crippen molar-refractivity contribution in [2.45, 2.75) is 51.0 Å². The van der Waals surface area contributed by atoms with Gasteiger partial charge >= 0.3 is 0 Å². The zero-order valence-electron chi connectivity index (χ0n) is 9.73. The van der Waals surface area contributed by atoms with Crippen molar-refractivity contribution in [3.05, 3.63) is 11.4 Å². The van der Waals surface area contributed by atoms with Crippen LogP contribution in [0.4, 0.5) is 0 Å². The number of hydrogen-bond acceptors (Lipinski definition) is 3. The summed E-state index contributed by atoms with van der Waals surface area (Å²) in [4.78, 5) is 0. The Balaban J connectivity index is 1.83. The first-order chi connectivity index (χ1) is 7.88. The minimum Gasteiger partial charge on any atom is -0.330 e. The van der Waals surface area contributed by atoms with E-state index in [4.69, 9.17) is 5.73 Å². The second-order valence-corrected chi connectivity index (χ2v) is 5.21. The summed E-state index contributed by atoms with van der Waals surface area (Å²) >= 11 is 0. The summed E-state index contributed by atoms with van der Waals surface area (Å²) in [5.41, 5.74) is 8.20. The minimum atomic E-state index is 0.682. The molecule has 0 atom stereocenters. The minimum absolute atomic E-state index is 0.682. The fraction of sp³-hybridized carbons (Fsp3) is 0.833. The fourth-order valence-electron chi connectivity index (χ4n) is 2.48. The van der Waals surface area contributed by atoms with Gasteiger partial charge in [0, 0.05) is 18.9 Å². The average molecular weight is 220 g/mol.